The van der Waals surface area contributed by atoms with Gasteiger partial charge in [-0.1, -0.05) is 6.07 Å². The van der Waals surface area contributed by atoms with E-state index in [4.69, 9.17) is 10.5 Å². The van der Waals surface area contributed by atoms with Gasteiger partial charge in [0.1, 0.15) is 11.4 Å². The molecule has 0 atom stereocenters. The number of nitrogens with two attached hydrogens (primary N) is 1. The van der Waals surface area contributed by atoms with E-state index in [9.17, 15) is 8.42 Å². The first kappa shape index (κ1) is 13.4. The van der Waals surface area contributed by atoms with Gasteiger partial charge in [-0.3, -0.25) is 4.98 Å². The Balaban J connectivity index is 2.34. The molecule has 0 aliphatic rings. The van der Waals surface area contributed by atoms with Gasteiger partial charge in [0.15, 0.2) is 9.84 Å². The minimum atomic E-state index is -3.27. The second kappa shape index (κ2) is 5.33. The molecule has 0 unspecified atom stereocenters. The average Bonchev–Trinajstić information content (AvgIpc) is 2.39. The van der Waals surface area contributed by atoms with Crippen molar-refractivity contribution < 1.29 is 13.2 Å². The highest BCUT2D eigenvalue weighted by molar-refractivity contribution is 7.90. The minimum absolute atomic E-state index is 0.184. The van der Waals surface area contributed by atoms with Gasteiger partial charge in [-0.15, -0.1) is 0 Å². The smallest absolute Gasteiger partial charge is 0.242 e. The summed E-state index contributed by atoms with van der Waals surface area (Å²) >= 11 is 0. The summed E-state index contributed by atoms with van der Waals surface area (Å²) in [6.07, 6.45) is 4.14. The maximum absolute atomic E-state index is 11.5. The third-order valence-corrected chi connectivity index (χ3v) is 3.49. The molecule has 100 valence electrons. The molecule has 0 saturated heterocycles. The van der Waals surface area contributed by atoms with Gasteiger partial charge in [-0.2, -0.15) is 0 Å². The van der Waals surface area contributed by atoms with Gasteiger partial charge in [0, 0.05) is 25.2 Å². The molecule has 2 aromatic rings. The molecule has 2 N–H and O–H groups in total. The van der Waals surface area contributed by atoms with Crippen molar-refractivity contribution in [3.8, 4) is 11.6 Å². The molecule has 0 aliphatic heterocycles. The molecule has 0 amide bonds. The van der Waals surface area contributed by atoms with Gasteiger partial charge in [-0.25, -0.2) is 13.4 Å². The van der Waals surface area contributed by atoms with Gasteiger partial charge in [0.05, 0.1) is 4.90 Å². The number of hydrogen-bond donors (Lipinski definition) is 1. The summed E-state index contributed by atoms with van der Waals surface area (Å²) < 4.78 is 28.4. The molecule has 0 aliphatic carbocycles. The van der Waals surface area contributed by atoms with Crippen LogP contribution < -0.4 is 10.5 Å². The van der Waals surface area contributed by atoms with E-state index in [2.05, 4.69) is 9.97 Å². The first-order chi connectivity index (χ1) is 9.00. The second-order valence-corrected chi connectivity index (χ2v) is 5.88. The first-order valence-electron chi connectivity index (χ1n) is 5.48. The number of ether oxygens (including phenoxy) is 1. The number of aromatic nitrogens is 2. The minimum Gasteiger partial charge on any atom is -0.437 e. The summed E-state index contributed by atoms with van der Waals surface area (Å²) in [5.74, 6) is 0.647. The van der Waals surface area contributed by atoms with Gasteiger partial charge in [-0.05, 0) is 18.2 Å². The van der Waals surface area contributed by atoms with Crippen LogP contribution in [0.1, 0.15) is 5.69 Å². The van der Waals surface area contributed by atoms with E-state index >= 15 is 0 Å². The van der Waals surface area contributed by atoms with Crippen LogP contribution in [0.4, 0.5) is 0 Å². The molecule has 0 radical (unpaired) electrons. The summed E-state index contributed by atoms with van der Waals surface area (Å²) in [7, 11) is -3.27. The number of benzene rings is 1. The molecule has 6 nitrogen and oxygen atoms in total. The van der Waals surface area contributed by atoms with Gasteiger partial charge < -0.3 is 10.5 Å². The first-order valence-corrected chi connectivity index (χ1v) is 7.38. The van der Waals surface area contributed by atoms with E-state index in [1.807, 2.05) is 0 Å². The molecule has 7 heteroatoms. The summed E-state index contributed by atoms with van der Waals surface area (Å²) in [4.78, 5) is 8.24. The SMILES string of the molecule is CS(=O)(=O)c1cccc(Oc2nccnc2CN)c1. The molecule has 0 fully saturated rings. The van der Waals surface area contributed by atoms with Crippen LogP contribution in [0, 0.1) is 0 Å². The molecule has 0 bridgehead atoms. The Labute approximate surface area is 111 Å². The lowest BCUT2D eigenvalue weighted by Gasteiger charge is -2.08. The van der Waals surface area contributed by atoms with E-state index in [0.29, 0.717) is 11.4 Å². The highest BCUT2D eigenvalue weighted by Crippen LogP contribution is 2.23. The molecule has 0 spiro atoms. The van der Waals surface area contributed by atoms with Gasteiger partial charge in [0.2, 0.25) is 5.88 Å². The highest BCUT2D eigenvalue weighted by atomic mass is 32.2. The number of sulfone groups is 1. The van der Waals surface area contributed by atoms with Crippen molar-refractivity contribution in [2.45, 2.75) is 11.4 Å². The van der Waals surface area contributed by atoms with Crippen LogP contribution in [-0.4, -0.2) is 24.6 Å². The fourth-order valence-electron chi connectivity index (χ4n) is 1.46. The van der Waals surface area contributed by atoms with Crippen molar-refractivity contribution in [3.05, 3.63) is 42.4 Å². The zero-order valence-corrected chi connectivity index (χ0v) is 11.1. The van der Waals surface area contributed by atoms with Crippen LogP contribution in [0.2, 0.25) is 0 Å². The van der Waals surface area contributed by atoms with Crippen molar-refractivity contribution in [2.75, 3.05) is 6.26 Å². The maximum Gasteiger partial charge on any atom is 0.242 e. The molecule has 2 rings (SSSR count). The highest BCUT2D eigenvalue weighted by Gasteiger charge is 2.10. The van der Waals surface area contributed by atoms with E-state index in [1.165, 1.54) is 24.5 Å². The topological polar surface area (TPSA) is 95.2 Å². The molecule has 1 aromatic carbocycles. The third-order valence-electron chi connectivity index (χ3n) is 2.38. The summed E-state index contributed by atoms with van der Waals surface area (Å²) in [6, 6.07) is 6.18. The third kappa shape index (κ3) is 3.27. The van der Waals surface area contributed by atoms with Crippen LogP contribution in [0.15, 0.2) is 41.6 Å². The van der Waals surface area contributed by atoms with Gasteiger partial charge >= 0.3 is 0 Å². The Hall–Kier alpha value is -1.99. The summed E-state index contributed by atoms with van der Waals surface area (Å²) in [6.45, 7) is 0.189. The van der Waals surface area contributed by atoms with Crippen molar-refractivity contribution in [3.63, 3.8) is 0 Å². The van der Waals surface area contributed by atoms with Crippen molar-refractivity contribution >= 4 is 9.84 Å². The molecule has 1 heterocycles. The van der Waals surface area contributed by atoms with Crippen LogP contribution >= 0.6 is 0 Å². The largest absolute Gasteiger partial charge is 0.437 e. The molecular weight excluding hydrogens is 266 g/mol. The number of nitrogens with zero attached hydrogens (tertiary/aromatic N) is 2. The van der Waals surface area contributed by atoms with Crippen LogP contribution in [0.3, 0.4) is 0 Å². The molecular formula is C12H13N3O3S. The maximum atomic E-state index is 11.5. The van der Waals surface area contributed by atoms with E-state index in [0.717, 1.165) is 6.26 Å². The number of rotatable bonds is 4. The van der Waals surface area contributed by atoms with Crippen LogP contribution in [0.25, 0.3) is 0 Å². The zero-order chi connectivity index (χ0) is 13.9. The monoisotopic (exact) mass is 279 g/mol. The Bertz CT molecular complexity index is 686. The lowest BCUT2D eigenvalue weighted by molar-refractivity contribution is 0.450. The summed E-state index contributed by atoms with van der Waals surface area (Å²) in [5, 5.41) is 0. The predicted octanol–water partition coefficient (Wildman–Crippen LogP) is 1.13. The van der Waals surface area contributed by atoms with Gasteiger partial charge in [0.25, 0.3) is 0 Å². The Morgan fingerprint density at radius 3 is 2.68 bits per heavy atom. The lowest BCUT2D eigenvalue weighted by Crippen LogP contribution is -2.04. The predicted molar refractivity (Wildman–Crippen MR) is 69.5 cm³/mol. The Morgan fingerprint density at radius 2 is 2.00 bits per heavy atom. The number of hydrogen-bond acceptors (Lipinski definition) is 6. The zero-order valence-electron chi connectivity index (χ0n) is 10.3. The lowest BCUT2D eigenvalue weighted by atomic mass is 10.3. The fourth-order valence-corrected chi connectivity index (χ4v) is 2.12. The normalized spacial score (nSPS) is 11.3. The Morgan fingerprint density at radius 1 is 1.26 bits per heavy atom. The van der Waals surface area contributed by atoms with Crippen molar-refractivity contribution in [1.29, 1.82) is 0 Å². The fraction of sp³-hybridized carbons (Fsp3) is 0.167. The van der Waals surface area contributed by atoms with E-state index in [1.54, 1.807) is 12.1 Å². The Kier molecular flexibility index (Phi) is 3.77. The van der Waals surface area contributed by atoms with Crippen LogP contribution in [0.5, 0.6) is 11.6 Å². The quantitative estimate of drug-likeness (QED) is 0.901. The molecule has 1 aromatic heterocycles. The standard InChI is InChI=1S/C12H13N3O3S/c1-19(16,17)10-4-2-3-9(7-10)18-12-11(8-13)14-5-6-15-12/h2-7H,8,13H2,1H3. The summed E-state index contributed by atoms with van der Waals surface area (Å²) in [5.41, 5.74) is 6.03. The average molecular weight is 279 g/mol. The second-order valence-electron chi connectivity index (χ2n) is 3.86. The van der Waals surface area contributed by atoms with Crippen LogP contribution in [-0.2, 0) is 16.4 Å². The van der Waals surface area contributed by atoms with Crippen molar-refractivity contribution in [1.82, 2.24) is 9.97 Å². The van der Waals surface area contributed by atoms with E-state index < -0.39 is 9.84 Å². The molecule has 0 saturated carbocycles. The molecule has 19 heavy (non-hydrogen) atoms. The van der Waals surface area contributed by atoms with Crippen molar-refractivity contribution in [2.24, 2.45) is 5.73 Å². The van der Waals surface area contributed by atoms with E-state index in [-0.39, 0.29) is 17.3 Å².